The van der Waals surface area contributed by atoms with Crippen LogP contribution < -0.4 is 20.3 Å². The van der Waals surface area contributed by atoms with Crippen LogP contribution in [0.3, 0.4) is 0 Å². The first kappa shape index (κ1) is 20.4. The first-order chi connectivity index (χ1) is 13.5. The standard InChI is InChI=1S/C21H24ClN3O2S/c1-14-8-6-9-15(19(14)27-2)20(26)24-21(28)23-17-11-7-10-16(22)18(17)25-12-4-3-5-13-25/h6-11H,3-5,12-13H2,1-2H3,(H2,23,24,26,28). The van der Waals surface area contributed by atoms with E-state index in [0.29, 0.717) is 16.3 Å². The molecular weight excluding hydrogens is 394 g/mol. The van der Waals surface area contributed by atoms with E-state index in [-0.39, 0.29) is 11.0 Å². The Kier molecular flexibility index (Phi) is 6.75. The molecule has 1 amide bonds. The summed E-state index contributed by atoms with van der Waals surface area (Å²) in [6.07, 6.45) is 3.51. The maximum absolute atomic E-state index is 12.7. The Balaban J connectivity index is 1.76. The van der Waals surface area contributed by atoms with Crippen molar-refractivity contribution in [3.63, 3.8) is 0 Å². The van der Waals surface area contributed by atoms with Gasteiger partial charge in [-0.15, -0.1) is 0 Å². The van der Waals surface area contributed by atoms with E-state index in [1.807, 2.05) is 37.3 Å². The summed E-state index contributed by atoms with van der Waals surface area (Å²) < 4.78 is 5.36. The summed E-state index contributed by atoms with van der Waals surface area (Å²) in [5.74, 6) is 0.221. The van der Waals surface area contributed by atoms with Gasteiger partial charge in [-0.1, -0.05) is 29.8 Å². The third kappa shape index (κ3) is 4.56. The fourth-order valence-electron chi connectivity index (χ4n) is 3.48. The number of halogens is 1. The molecule has 0 radical (unpaired) electrons. The van der Waals surface area contributed by atoms with Crippen LogP contribution in [0.5, 0.6) is 5.75 Å². The summed E-state index contributed by atoms with van der Waals surface area (Å²) in [4.78, 5) is 14.9. The summed E-state index contributed by atoms with van der Waals surface area (Å²) in [6, 6.07) is 11.1. The average molecular weight is 418 g/mol. The Morgan fingerprint density at radius 3 is 2.57 bits per heavy atom. The van der Waals surface area contributed by atoms with Crippen LogP contribution in [0, 0.1) is 6.92 Å². The van der Waals surface area contributed by atoms with Gasteiger partial charge in [0.2, 0.25) is 0 Å². The van der Waals surface area contributed by atoms with E-state index in [9.17, 15) is 4.79 Å². The van der Waals surface area contributed by atoms with Crippen LogP contribution in [0.1, 0.15) is 35.2 Å². The summed E-state index contributed by atoms with van der Waals surface area (Å²) in [7, 11) is 1.55. The van der Waals surface area contributed by atoms with E-state index < -0.39 is 0 Å². The van der Waals surface area contributed by atoms with Crippen LogP contribution in [-0.4, -0.2) is 31.2 Å². The highest BCUT2D eigenvalue weighted by Gasteiger charge is 2.19. The van der Waals surface area contributed by atoms with Crippen molar-refractivity contribution in [3.8, 4) is 5.75 Å². The Labute approximate surface area is 176 Å². The van der Waals surface area contributed by atoms with Gasteiger partial charge in [-0.25, -0.2) is 0 Å². The predicted octanol–water partition coefficient (Wildman–Crippen LogP) is 4.77. The summed E-state index contributed by atoms with van der Waals surface area (Å²) >= 11 is 11.9. The van der Waals surface area contributed by atoms with Crippen LogP contribution in [0.4, 0.5) is 11.4 Å². The van der Waals surface area contributed by atoms with Gasteiger partial charge in [0, 0.05) is 13.1 Å². The van der Waals surface area contributed by atoms with Gasteiger partial charge in [0.25, 0.3) is 5.91 Å². The number of hydrogen-bond acceptors (Lipinski definition) is 4. The van der Waals surface area contributed by atoms with Gasteiger partial charge in [0.15, 0.2) is 5.11 Å². The molecule has 0 saturated carbocycles. The number of para-hydroxylation sites is 2. The Hall–Kier alpha value is -2.31. The number of hydrogen-bond donors (Lipinski definition) is 2. The lowest BCUT2D eigenvalue weighted by molar-refractivity contribution is 0.0974. The SMILES string of the molecule is COc1c(C)cccc1C(=O)NC(=S)Nc1cccc(Cl)c1N1CCCCC1. The van der Waals surface area contributed by atoms with Gasteiger partial charge in [-0.05, 0) is 62.2 Å². The van der Waals surface area contributed by atoms with Crippen molar-refractivity contribution in [2.75, 3.05) is 30.4 Å². The zero-order valence-electron chi connectivity index (χ0n) is 16.0. The minimum atomic E-state index is -0.320. The zero-order valence-corrected chi connectivity index (χ0v) is 17.6. The number of thiocarbonyl (C=S) groups is 1. The number of aryl methyl sites for hydroxylation is 1. The molecule has 148 valence electrons. The number of nitrogens with zero attached hydrogens (tertiary/aromatic N) is 1. The molecule has 0 unspecified atom stereocenters. The van der Waals surface area contributed by atoms with Crippen molar-refractivity contribution < 1.29 is 9.53 Å². The molecule has 2 N–H and O–H groups in total. The molecule has 0 atom stereocenters. The second-order valence-electron chi connectivity index (χ2n) is 6.75. The lowest BCUT2D eigenvalue weighted by atomic mass is 10.1. The quantitative estimate of drug-likeness (QED) is 0.701. The Morgan fingerprint density at radius 2 is 1.86 bits per heavy atom. The van der Waals surface area contributed by atoms with Crippen molar-refractivity contribution in [1.82, 2.24) is 5.32 Å². The van der Waals surface area contributed by atoms with Crippen molar-refractivity contribution in [1.29, 1.82) is 0 Å². The molecule has 7 heteroatoms. The van der Waals surface area contributed by atoms with Crippen LogP contribution in [0.2, 0.25) is 5.02 Å². The van der Waals surface area contributed by atoms with E-state index in [0.717, 1.165) is 42.9 Å². The number of benzene rings is 2. The molecule has 28 heavy (non-hydrogen) atoms. The third-order valence-corrected chi connectivity index (χ3v) is 5.30. The first-order valence-electron chi connectivity index (χ1n) is 9.30. The van der Waals surface area contributed by atoms with Crippen LogP contribution in [-0.2, 0) is 0 Å². The molecule has 0 spiro atoms. The topological polar surface area (TPSA) is 53.6 Å². The Bertz CT molecular complexity index is 882. The minimum absolute atomic E-state index is 0.217. The number of methoxy groups -OCH3 is 1. The first-order valence-corrected chi connectivity index (χ1v) is 10.1. The van der Waals surface area contributed by atoms with Gasteiger partial charge in [0.05, 0.1) is 29.1 Å². The molecule has 2 aromatic carbocycles. The largest absolute Gasteiger partial charge is 0.496 e. The summed E-state index contributed by atoms with van der Waals surface area (Å²) in [5, 5.41) is 6.75. The van der Waals surface area contributed by atoms with E-state index >= 15 is 0 Å². The van der Waals surface area contributed by atoms with Crippen LogP contribution in [0.15, 0.2) is 36.4 Å². The number of nitrogens with one attached hydrogen (secondary N) is 2. The normalized spacial score (nSPS) is 13.8. The van der Waals surface area contributed by atoms with Gasteiger partial charge < -0.3 is 15.0 Å². The maximum atomic E-state index is 12.7. The molecular formula is C21H24ClN3O2S. The fourth-order valence-corrected chi connectivity index (χ4v) is 3.98. The van der Waals surface area contributed by atoms with Gasteiger partial charge in [0.1, 0.15) is 5.75 Å². The monoisotopic (exact) mass is 417 g/mol. The zero-order chi connectivity index (χ0) is 20.1. The number of piperidine rings is 1. The van der Waals surface area contributed by atoms with Crippen molar-refractivity contribution in [2.45, 2.75) is 26.2 Å². The summed E-state index contributed by atoms with van der Waals surface area (Å²) in [5.41, 5.74) is 3.04. The lowest BCUT2D eigenvalue weighted by Crippen LogP contribution is -2.36. The van der Waals surface area contributed by atoms with E-state index in [4.69, 9.17) is 28.6 Å². The van der Waals surface area contributed by atoms with Gasteiger partial charge >= 0.3 is 0 Å². The highest BCUT2D eigenvalue weighted by atomic mass is 35.5. The highest BCUT2D eigenvalue weighted by Crippen LogP contribution is 2.35. The van der Waals surface area contributed by atoms with E-state index in [1.54, 1.807) is 13.2 Å². The number of ether oxygens (including phenoxy) is 1. The highest BCUT2D eigenvalue weighted by molar-refractivity contribution is 7.80. The average Bonchev–Trinajstić information content (AvgIpc) is 2.68. The number of anilines is 2. The fraction of sp³-hybridized carbons (Fsp3) is 0.333. The number of rotatable bonds is 4. The Morgan fingerprint density at radius 1 is 1.14 bits per heavy atom. The number of amides is 1. The molecule has 1 aliphatic rings. The van der Waals surface area contributed by atoms with Gasteiger partial charge in [-0.2, -0.15) is 0 Å². The number of carbonyl (C=O) groups excluding carboxylic acids is 1. The molecule has 1 saturated heterocycles. The molecule has 2 aromatic rings. The van der Waals surface area contributed by atoms with E-state index in [2.05, 4.69) is 15.5 Å². The second kappa shape index (κ2) is 9.26. The molecule has 0 aliphatic carbocycles. The maximum Gasteiger partial charge on any atom is 0.261 e. The minimum Gasteiger partial charge on any atom is -0.496 e. The molecule has 0 bridgehead atoms. The van der Waals surface area contributed by atoms with Crippen LogP contribution >= 0.6 is 23.8 Å². The molecule has 0 aromatic heterocycles. The summed E-state index contributed by atoms with van der Waals surface area (Å²) in [6.45, 7) is 3.80. The molecule has 3 rings (SSSR count). The van der Waals surface area contributed by atoms with Crippen molar-refractivity contribution in [3.05, 3.63) is 52.5 Å². The third-order valence-electron chi connectivity index (χ3n) is 4.79. The predicted molar refractivity (Wildman–Crippen MR) is 119 cm³/mol. The van der Waals surface area contributed by atoms with Crippen molar-refractivity contribution in [2.24, 2.45) is 0 Å². The van der Waals surface area contributed by atoms with Crippen LogP contribution in [0.25, 0.3) is 0 Å². The molecule has 1 heterocycles. The molecule has 5 nitrogen and oxygen atoms in total. The smallest absolute Gasteiger partial charge is 0.261 e. The second-order valence-corrected chi connectivity index (χ2v) is 7.56. The lowest BCUT2D eigenvalue weighted by Gasteiger charge is -2.31. The molecule has 1 aliphatic heterocycles. The molecule has 1 fully saturated rings. The van der Waals surface area contributed by atoms with Gasteiger partial charge in [-0.3, -0.25) is 10.1 Å². The number of carbonyl (C=O) groups is 1. The van der Waals surface area contributed by atoms with Crippen molar-refractivity contribution >= 4 is 46.2 Å². The van der Waals surface area contributed by atoms with E-state index in [1.165, 1.54) is 6.42 Å².